The molecule has 0 aliphatic heterocycles. The zero-order valence-corrected chi connectivity index (χ0v) is 8.44. The van der Waals surface area contributed by atoms with Crippen molar-refractivity contribution in [3.63, 3.8) is 0 Å². The number of hydrogen-bond acceptors (Lipinski definition) is 2. The fourth-order valence-corrected chi connectivity index (χ4v) is 1.29. The van der Waals surface area contributed by atoms with Gasteiger partial charge < -0.3 is 9.72 Å². The van der Waals surface area contributed by atoms with Gasteiger partial charge in [0.2, 0.25) is 0 Å². The average Bonchev–Trinajstić information content (AvgIpc) is 2.81. The Labute approximate surface area is 91.9 Å². The summed E-state index contributed by atoms with van der Waals surface area (Å²) in [6.07, 6.45) is 1.62. The maximum Gasteiger partial charge on any atom is 0.355 e. The van der Waals surface area contributed by atoms with Crippen molar-refractivity contribution in [2.45, 2.75) is 6.61 Å². The molecule has 0 radical (unpaired) electrons. The Hall–Kier alpha value is -2.10. The van der Waals surface area contributed by atoms with Crippen LogP contribution in [-0.2, 0) is 11.3 Å². The van der Waals surface area contributed by atoms with E-state index >= 15 is 0 Å². The molecule has 4 heteroatoms. The molecule has 0 aliphatic rings. The minimum atomic E-state index is -0.492. The average molecular weight is 219 g/mol. The molecule has 1 N–H and O–H groups in total. The zero-order chi connectivity index (χ0) is 11.4. The van der Waals surface area contributed by atoms with Crippen molar-refractivity contribution >= 4 is 5.97 Å². The van der Waals surface area contributed by atoms with E-state index in [-0.39, 0.29) is 12.4 Å². The molecule has 82 valence electrons. The Morgan fingerprint density at radius 2 is 2.06 bits per heavy atom. The van der Waals surface area contributed by atoms with Crippen LogP contribution in [0.4, 0.5) is 4.39 Å². The lowest BCUT2D eigenvalue weighted by molar-refractivity contribution is 0.0463. The van der Waals surface area contributed by atoms with Crippen LogP contribution in [-0.4, -0.2) is 11.0 Å². The molecule has 1 heterocycles. The number of ether oxygens (including phenoxy) is 1. The van der Waals surface area contributed by atoms with Crippen molar-refractivity contribution in [3.8, 4) is 0 Å². The number of rotatable bonds is 3. The molecule has 0 spiro atoms. The summed E-state index contributed by atoms with van der Waals surface area (Å²) in [6, 6.07) is 9.49. The zero-order valence-electron chi connectivity index (χ0n) is 8.44. The van der Waals surface area contributed by atoms with E-state index in [2.05, 4.69) is 4.98 Å². The van der Waals surface area contributed by atoms with E-state index in [1.807, 2.05) is 0 Å². The highest BCUT2D eigenvalue weighted by Gasteiger charge is 2.08. The molecule has 0 atom stereocenters. The van der Waals surface area contributed by atoms with E-state index in [1.54, 1.807) is 36.5 Å². The summed E-state index contributed by atoms with van der Waals surface area (Å²) < 4.78 is 18.1. The highest BCUT2D eigenvalue weighted by atomic mass is 19.1. The fourth-order valence-electron chi connectivity index (χ4n) is 1.29. The monoisotopic (exact) mass is 219 g/mol. The molecule has 1 aromatic heterocycles. The summed E-state index contributed by atoms with van der Waals surface area (Å²) in [4.78, 5) is 14.1. The molecular weight excluding hydrogens is 209 g/mol. The number of H-pyrrole nitrogens is 1. The number of esters is 1. The topological polar surface area (TPSA) is 42.1 Å². The van der Waals surface area contributed by atoms with Gasteiger partial charge in [-0.2, -0.15) is 0 Å². The van der Waals surface area contributed by atoms with E-state index in [0.717, 1.165) is 0 Å². The van der Waals surface area contributed by atoms with Gasteiger partial charge in [0.1, 0.15) is 18.1 Å². The van der Waals surface area contributed by atoms with E-state index in [0.29, 0.717) is 11.3 Å². The summed E-state index contributed by atoms with van der Waals surface area (Å²) in [7, 11) is 0. The normalized spacial score (nSPS) is 10.1. The quantitative estimate of drug-likeness (QED) is 0.806. The van der Waals surface area contributed by atoms with Crippen molar-refractivity contribution in [2.75, 3.05) is 0 Å². The lowest BCUT2D eigenvalue weighted by atomic mass is 10.2. The van der Waals surface area contributed by atoms with Crippen LogP contribution >= 0.6 is 0 Å². The number of halogens is 1. The van der Waals surface area contributed by atoms with Gasteiger partial charge in [-0.3, -0.25) is 0 Å². The van der Waals surface area contributed by atoms with Crippen LogP contribution in [0.5, 0.6) is 0 Å². The molecule has 2 rings (SSSR count). The lowest BCUT2D eigenvalue weighted by Gasteiger charge is -2.04. The SMILES string of the molecule is O=C(OCc1ccccc1F)c1ccc[nH]1. The van der Waals surface area contributed by atoms with Crippen molar-refractivity contribution in [3.05, 3.63) is 59.7 Å². The first-order valence-electron chi connectivity index (χ1n) is 4.81. The highest BCUT2D eigenvalue weighted by Crippen LogP contribution is 2.09. The molecule has 3 nitrogen and oxygen atoms in total. The van der Waals surface area contributed by atoms with Crippen molar-refractivity contribution in [2.24, 2.45) is 0 Å². The third-order valence-corrected chi connectivity index (χ3v) is 2.13. The third-order valence-electron chi connectivity index (χ3n) is 2.13. The Morgan fingerprint density at radius 3 is 2.75 bits per heavy atom. The largest absolute Gasteiger partial charge is 0.456 e. The number of benzene rings is 1. The molecule has 2 aromatic rings. The second kappa shape index (κ2) is 4.61. The minimum Gasteiger partial charge on any atom is -0.456 e. The lowest BCUT2D eigenvalue weighted by Crippen LogP contribution is -2.06. The first-order chi connectivity index (χ1) is 7.77. The van der Waals surface area contributed by atoms with Crippen LogP contribution in [0.1, 0.15) is 16.1 Å². The van der Waals surface area contributed by atoms with Crippen molar-refractivity contribution < 1.29 is 13.9 Å². The van der Waals surface area contributed by atoms with Gasteiger partial charge in [0, 0.05) is 11.8 Å². The Balaban J connectivity index is 1.98. The van der Waals surface area contributed by atoms with Crippen LogP contribution in [0.25, 0.3) is 0 Å². The second-order valence-corrected chi connectivity index (χ2v) is 3.25. The number of nitrogens with one attached hydrogen (secondary N) is 1. The molecular formula is C12H10FNO2. The first-order valence-corrected chi connectivity index (χ1v) is 4.81. The molecule has 0 aliphatic carbocycles. The summed E-state index contributed by atoms with van der Waals surface area (Å²) in [6.45, 7) is -0.0650. The van der Waals surface area contributed by atoms with E-state index < -0.39 is 5.97 Å². The first kappa shape index (κ1) is 10.4. The van der Waals surface area contributed by atoms with Crippen molar-refractivity contribution in [1.29, 1.82) is 0 Å². The van der Waals surface area contributed by atoms with E-state index in [9.17, 15) is 9.18 Å². The third kappa shape index (κ3) is 2.28. The molecule has 0 unspecified atom stereocenters. The van der Waals surface area contributed by atoms with Gasteiger partial charge in [0.25, 0.3) is 0 Å². The van der Waals surface area contributed by atoms with Crippen LogP contribution in [0.15, 0.2) is 42.6 Å². The van der Waals surface area contributed by atoms with Gasteiger partial charge >= 0.3 is 5.97 Å². The van der Waals surface area contributed by atoms with Gasteiger partial charge in [0.05, 0.1) is 0 Å². The minimum absolute atomic E-state index is 0.0650. The van der Waals surface area contributed by atoms with Crippen LogP contribution in [0, 0.1) is 5.82 Å². The predicted molar refractivity (Wildman–Crippen MR) is 56.3 cm³/mol. The number of carbonyl (C=O) groups is 1. The molecule has 0 bridgehead atoms. The fraction of sp³-hybridized carbons (Fsp3) is 0.0833. The van der Waals surface area contributed by atoms with Gasteiger partial charge in [-0.05, 0) is 18.2 Å². The van der Waals surface area contributed by atoms with Crippen LogP contribution in [0.2, 0.25) is 0 Å². The molecule has 0 saturated carbocycles. The van der Waals surface area contributed by atoms with Gasteiger partial charge in [-0.15, -0.1) is 0 Å². The number of aromatic amines is 1. The molecule has 1 aromatic carbocycles. The van der Waals surface area contributed by atoms with Crippen molar-refractivity contribution in [1.82, 2.24) is 4.98 Å². The van der Waals surface area contributed by atoms with Gasteiger partial charge in [-0.1, -0.05) is 18.2 Å². The molecule has 0 saturated heterocycles. The number of aromatic nitrogens is 1. The Morgan fingerprint density at radius 1 is 1.25 bits per heavy atom. The summed E-state index contributed by atoms with van der Waals surface area (Å²) >= 11 is 0. The van der Waals surface area contributed by atoms with Gasteiger partial charge in [-0.25, -0.2) is 9.18 Å². The molecule has 0 amide bonds. The standard InChI is InChI=1S/C12H10FNO2/c13-10-5-2-1-4-9(10)8-16-12(15)11-6-3-7-14-11/h1-7,14H,8H2. The molecule has 16 heavy (non-hydrogen) atoms. The Bertz CT molecular complexity index is 480. The van der Waals surface area contributed by atoms with Crippen LogP contribution < -0.4 is 0 Å². The maximum absolute atomic E-state index is 13.2. The predicted octanol–water partition coefficient (Wildman–Crippen LogP) is 2.51. The maximum atomic E-state index is 13.2. The van der Waals surface area contributed by atoms with E-state index in [1.165, 1.54) is 6.07 Å². The number of hydrogen-bond donors (Lipinski definition) is 1. The second-order valence-electron chi connectivity index (χ2n) is 3.25. The summed E-state index contributed by atoms with van der Waals surface area (Å²) in [5.74, 6) is -0.866. The Kier molecular flexibility index (Phi) is 3.00. The van der Waals surface area contributed by atoms with E-state index in [4.69, 9.17) is 4.74 Å². The summed E-state index contributed by atoms with van der Waals surface area (Å²) in [5.41, 5.74) is 0.721. The van der Waals surface area contributed by atoms with Gasteiger partial charge in [0.15, 0.2) is 0 Å². The smallest absolute Gasteiger partial charge is 0.355 e. The summed E-state index contributed by atoms with van der Waals surface area (Å²) in [5, 5.41) is 0. The highest BCUT2D eigenvalue weighted by molar-refractivity contribution is 5.87. The number of carbonyl (C=O) groups excluding carboxylic acids is 1. The molecule has 0 fully saturated rings. The van der Waals surface area contributed by atoms with Crippen LogP contribution in [0.3, 0.4) is 0 Å².